The minimum absolute atomic E-state index is 0.0804. The summed E-state index contributed by atoms with van der Waals surface area (Å²) in [6.45, 7) is 4.45. The zero-order valence-corrected chi connectivity index (χ0v) is 20.2. The first-order valence-electron chi connectivity index (χ1n) is 10.3. The van der Waals surface area contributed by atoms with Crippen molar-refractivity contribution in [2.75, 3.05) is 12.8 Å². The van der Waals surface area contributed by atoms with Crippen molar-refractivity contribution in [2.45, 2.75) is 30.2 Å². The van der Waals surface area contributed by atoms with Crippen LogP contribution in [-0.2, 0) is 21.2 Å². The predicted octanol–water partition coefficient (Wildman–Crippen LogP) is 3.37. The molecule has 0 atom stereocenters. The van der Waals surface area contributed by atoms with Crippen LogP contribution in [0.15, 0.2) is 75.0 Å². The van der Waals surface area contributed by atoms with Crippen molar-refractivity contribution in [2.24, 2.45) is 5.92 Å². The van der Waals surface area contributed by atoms with Crippen molar-refractivity contribution in [3.63, 3.8) is 0 Å². The smallest absolute Gasteiger partial charge is 0.329 e. The molecule has 3 rings (SSSR count). The lowest BCUT2D eigenvalue weighted by molar-refractivity contribution is -0.116. The molecule has 1 aliphatic rings. The number of hydrogen-bond acceptors (Lipinski definition) is 7. The number of benzene rings is 2. The van der Waals surface area contributed by atoms with Gasteiger partial charge in [0.15, 0.2) is 9.84 Å². The van der Waals surface area contributed by atoms with Gasteiger partial charge in [-0.1, -0.05) is 55.9 Å². The van der Waals surface area contributed by atoms with Gasteiger partial charge < -0.3 is 5.32 Å². The minimum atomic E-state index is -3.30. The normalized spacial score (nSPS) is 16.1. The molecule has 0 unspecified atom stereocenters. The summed E-state index contributed by atoms with van der Waals surface area (Å²) in [6.07, 6.45) is 1.15. The summed E-state index contributed by atoms with van der Waals surface area (Å²) in [5.74, 6) is -0.684. The molecule has 0 saturated carbocycles. The number of amides is 3. The molecule has 33 heavy (non-hydrogen) atoms. The van der Waals surface area contributed by atoms with E-state index in [2.05, 4.69) is 10.6 Å². The van der Waals surface area contributed by atoms with Crippen molar-refractivity contribution < 1.29 is 18.0 Å². The number of carbonyl (C=O) groups is 2. The van der Waals surface area contributed by atoms with Gasteiger partial charge in [0.2, 0.25) is 0 Å². The second-order valence-electron chi connectivity index (χ2n) is 8.00. The van der Waals surface area contributed by atoms with E-state index in [9.17, 15) is 18.0 Å². The third-order valence-electron chi connectivity index (χ3n) is 4.74. The number of sulfone groups is 1. The third kappa shape index (κ3) is 6.23. The van der Waals surface area contributed by atoms with Gasteiger partial charge in [0.05, 0.1) is 9.92 Å². The Labute approximate surface area is 197 Å². The van der Waals surface area contributed by atoms with Crippen molar-refractivity contribution in [3.05, 3.63) is 70.8 Å². The van der Waals surface area contributed by atoms with E-state index in [1.165, 1.54) is 28.8 Å². The van der Waals surface area contributed by atoms with Crippen LogP contribution < -0.4 is 10.6 Å². The zero-order valence-electron chi connectivity index (χ0n) is 18.6. The Morgan fingerprint density at radius 1 is 1.09 bits per heavy atom. The van der Waals surface area contributed by atoms with E-state index in [0.29, 0.717) is 18.1 Å². The van der Waals surface area contributed by atoms with Crippen molar-refractivity contribution in [1.82, 2.24) is 15.5 Å². The average Bonchev–Trinajstić information content (AvgIpc) is 2.75. The van der Waals surface area contributed by atoms with Crippen LogP contribution in [0.4, 0.5) is 4.79 Å². The maximum atomic E-state index is 12.8. The first-order valence-corrected chi connectivity index (χ1v) is 13.0. The number of rotatable bonds is 8. The topological polar surface area (TPSA) is 119 Å². The Bertz CT molecular complexity index is 1190. The molecule has 3 amide bonds. The van der Waals surface area contributed by atoms with Crippen LogP contribution in [-0.4, -0.2) is 43.9 Å². The molecule has 0 aliphatic carbocycles. The van der Waals surface area contributed by atoms with E-state index in [0.717, 1.165) is 16.7 Å². The molecule has 0 radical (unpaired) electrons. The fourth-order valence-corrected chi connectivity index (χ4v) is 4.74. The Balaban J connectivity index is 1.94. The Morgan fingerprint density at radius 2 is 1.73 bits per heavy atom. The number of hydrogen-bond donors (Lipinski definition) is 3. The van der Waals surface area contributed by atoms with Crippen LogP contribution in [0.3, 0.4) is 0 Å². The largest absolute Gasteiger partial charge is 0.375 e. The lowest BCUT2D eigenvalue weighted by atomic mass is 10.1. The molecular formula is C23H26N4O4S2. The highest BCUT2D eigenvalue weighted by Crippen LogP contribution is 2.29. The van der Waals surface area contributed by atoms with Gasteiger partial charge in [-0.15, -0.1) is 0 Å². The third-order valence-corrected chi connectivity index (χ3v) is 6.93. The van der Waals surface area contributed by atoms with Crippen LogP contribution in [0.5, 0.6) is 0 Å². The number of urea groups is 1. The zero-order chi connectivity index (χ0) is 24.2. The first kappa shape index (κ1) is 24.5. The van der Waals surface area contributed by atoms with Crippen LogP contribution in [0.1, 0.15) is 19.4 Å². The van der Waals surface area contributed by atoms with Crippen LogP contribution >= 0.6 is 11.8 Å². The second kappa shape index (κ2) is 10.2. The molecule has 2 aromatic carbocycles. The highest BCUT2D eigenvalue weighted by Gasteiger charge is 2.35. The molecule has 10 heteroatoms. The predicted molar refractivity (Wildman–Crippen MR) is 129 cm³/mol. The Hall–Kier alpha value is -3.11. The minimum Gasteiger partial charge on any atom is -0.375 e. The summed E-state index contributed by atoms with van der Waals surface area (Å²) < 4.78 is 23.4. The van der Waals surface area contributed by atoms with Gasteiger partial charge in [0.1, 0.15) is 11.4 Å². The molecule has 0 bridgehead atoms. The van der Waals surface area contributed by atoms with Gasteiger partial charge in [-0.2, -0.15) is 0 Å². The van der Waals surface area contributed by atoms with E-state index in [1.54, 1.807) is 12.1 Å². The number of nitrogens with one attached hydrogen (secondary N) is 3. The van der Waals surface area contributed by atoms with Crippen LogP contribution in [0.2, 0.25) is 0 Å². The molecule has 1 fully saturated rings. The van der Waals surface area contributed by atoms with Gasteiger partial charge in [0.25, 0.3) is 5.91 Å². The van der Waals surface area contributed by atoms with E-state index < -0.39 is 21.8 Å². The highest BCUT2D eigenvalue weighted by molar-refractivity contribution is 8.03. The molecular weight excluding hydrogens is 460 g/mol. The quantitative estimate of drug-likeness (QED) is 0.389. The lowest BCUT2D eigenvalue weighted by Crippen LogP contribution is -2.55. The van der Waals surface area contributed by atoms with Gasteiger partial charge >= 0.3 is 6.03 Å². The maximum Gasteiger partial charge on any atom is 0.329 e. The summed E-state index contributed by atoms with van der Waals surface area (Å²) in [7, 11) is -3.30. The summed E-state index contributed by atoms with van der Waals surface area (Å²) in [5, 5.41) is 14.6. The molecule has 1 saturated heterocycles. The first-order chi connectivity index (χ1) is 15.6. The van der Waals surface area contributed by atoms with Crippen LogP contribution in [0.25, 0.3) is 0 Å². The van der Waals surface area contributed by atoms with Gasteiger partial charge in [0, 0.05) is 24.2 Å². The highest BCUT2D eigenvalue weighted by atomic mass is 32.2. The van der Waals surface area contributed by atoms with E-state index >= 15 is 0 Å². The number of carbonyl (C=O) groups excluding carboxylic acids is 2. The van der Waals surface area contributed by atoms with Crippen LogP contribution in [0, 0.1) is 11.3 Å². The molecule has 3 N–H and O–H groups in total. The Morgan fingerprint density at radius 3 is 2.30 bits per heavy atom. The summed E-state index contributed by atoms with van der Waals surface area (Å²) in [6, 6.07) is 15.2. The molecule has 0 aromatic heterocycles. The molecule has 0 spiro atoms. The van der Waals surface area contributed by atoms with Crippen molar-refractivity contribution in [1.29, 1.82) is 5.41 Å². The molecule has 1 heterocycles. The number of amidine groups is 1. The molecule has 1 aliphatic heterocycles. The lowest BCUT2D eigenvalue weighted by Gasteiger charge is -2.31. The maximum absolute atomic E-state index is 12.8. The van der Waals surface area contributed by atoms with E-state index in [1.807, 2.05) is 44.2 Å². The number of imide groups is 1. The fraction of sp³-hybridized carbons (Fsp3) is 0.261. The van der Waals surface area contributed by atoms with Crippen molar-refractivity contribution in [3.8, 4) is 0 Å². The average molecular weight is 487 g/mol. The number of thioether (sulfide) groups is 1. The monoisotopic (exact) mass is 486 g/mol. The fourth-order valence-electron chi connectivity index (χ4n) is 3.14. The summed E-state index contributed by atoms with van der Waals surface area (Å²) in [5.41, 5.74) is 0.879. The Kier molecular flexibility index (Phi) is 7.60. The van der Waals surface area contributed by atoms with E-state index in [-0.39, 0.29) is 22.2 Å². The SMILES string of the molecule is CC(C)CN1C(=N)/C(=C(\NCc2ccc(S(C)(=O)=O)cc2)Sc2ccccc2)C(=O)NC1=O. The van der Waals surface area contributed by atoms with Gasteiger partial charge in [-0.3, -0.25) is 20.4 Å². The molecule has 2 aromatic rings. The second-order valence-corrected chi connectivity index (χ2v) is 11.1. The van der Waals surface area contributed by atoms with E-state index in [4.69, 9.17) is 5.41 Å². The molecule has 174 valence electrons. The summed E-state index contributed by atoms with van der Waals surface area (Å²) in [4.78, 5) is 27.4. The van der Waals surface area contributed by atoms with Gasteiger partial charge in [-0.05, 0) is 35.7 Å². The number of nitrogens with zero attached hydrogens (tertiary/aromatic N) is 1. The van der Waals surface area contributed by atoms with Gasteiger partial charge in [-0.25, -0.2) is 13.2 Å². The van der Waals surface area contributed by atoms with Crippen molar-refractivity contribution >= 4 is 39.4 Å². The summed E-state index contributed by atoms with van der Waals surface area (Å²) >= 11 is 1.28. The molecule has 8 nitrogen and oxygen atoms in total. The standard InChI is InChI=1S/C23H26N4O4S2/c1-15(2)14-27-20(24)19(21(28)26-23(27)29)22(32-17-7-5-4-6-8-17)25-13-16-9-11-18(12-10-16)33(3,30)31/h4-12,15,24-25H,13-14H2,1-3H3,(H,26,28,29)/b22-19-,24-20?.